The Morgan fingerprint density at radius 1 is 0.306 bits per heavy atom. The molecule has 0 spiro atoms. The number of nitrogens with one attached hydrogen (secondary N) is 10. The molecule has 2 amide bonds. The highest BCUT2D eigenvalue weighted by Crippen LogP contribution is 2.41. The molecular formula is C108H82F6N28O2. The van der Waals surface area contributed by atoms with Crippen molar-refractivity contribution in [2.24, 2.45) is 11.8 Å². The van der Waals surface area contributed by atoms with Gasteiger partial charge in [-0.25, -0.2) is 46.3 Å². The molecule has 36 heteroatoms. The molecule has 0 bridgehead atoms. The average Bonchev–Trinajstić information content (AvgIpc) is 1.62. The normalized spacial score (nSPS) is 11.5. The minimum Gasteiger partial charge on any atom is -0.335 e. The van der Waals surface area contributed by atoms with E-state index in [-0.39, 0.29) is 35.0 Å². The molecule has 0 atom stereocenters. The summed E-state index contributed by atoms with van der Waals surface area (Å²) >= 11 is 0. The minimum absolute atomic E-state index is 0.0568. The summed E-state index contributed by atoms with van der Waals surface area (Å²) in [6.07, 6.45) is 30.7. The zero-order valence-electron chi connectivity index (χ0n) is 77.5. The van der Waals surface area contributed by atoms with Crippen LogP contribution < -0.4 is 10.6 Å². The van der Waals surface area contributed by atoms with Gasteiger partial charge < -0.3 is 35.5 Å². The number of aromatic nitrogens is 25. The molecule has 24 aromatic rings. The second-order valence-corrected chi connectivity index (χ2v) is 35.4. The monoisotopic (exact) mass is 1920 g/mol. The summed E-state index contributed by atoms with van der Waals surface area (Å²) in [6.45, 7) is 8.79. The Kier molecular flexibility index (Phi) is 24.9. The van der Waals surface area contributed by atoms with E-state index in [0.29, 0.717) is 126 Å². The SMILES string of the molecule is CC(C)CC(=O)Nc1cncc(-c2ccc3[nH]nc(-c4nc5c(-c6ccc(F)c(F)c6)cncc5[nH]4)c3c2)c1.CC(C)CC(=O)Nc1cncc(-c2ccc3[nH]nc(-c4nc5c(-c6cccc(F)c6F)cncc5[nH]4)c3c2)c1.CN(C)Cc1cncc(-c2ccc3[nH]nc(-c4nc5c(-c6cncc(F)c6)cncc5[nH]4)c3c2)c1.Fc1cccc(-c2cncc3[nH]c(-c4n[nH]c5ccc(-c6cccnc6)cc45)nc23)c1. The van der Waals surface area contributed by atoms with Gasteiger partial charge in [0.05, 0.1) is 110 Å². The summed E-state index contributed by atoms with van der Waals surface area (Å²) in [5.74, 6) is -1.91. The lowest BCUT2D eigenvalue weighted by Crippen LogP contribution is -2.13. The first-order chi connectivity index (χ1) is 70.0. The van der Waals surface area contributed by atoms with Crippen LogP contribution in [-0.2, 0) is 16.1 Å². The molecule has 0 radical (unpaired) electrons. The number of fused-ring (bicyclic) bond motifs is 8. The van der Waals surface area contributed by atoms with Crippen LogP contribution >= 0.6 is 0 Å². The lowest BCUT2D eigenvalue weighted by atomic mass is 10.0. The van der Waals surface area contributed by atoms with E-state index >= 15 is 0 Å². The van der Waals surface area contributed by atoms with E-state index < -0.39 is 29.1 Å². The number of nitrogens with zero attached hydrogens (tertiary/aromatic N) is 18. The van der Waals surface area contributed by atoms with Gasteiger partial charge in [0.25, 0.3) is 0 Å². The highest BCUT2D eigenvalue weighted by atomic mass is 19.2. The van der Waals surface area contributed by atoms with Gasteiger partial charge in [-0.15, -0.1) is 0 Å². The summed E-state index contributed by atoms with van der Waals surface area (Å²) in [5.41, 5.74) is 25.3. The Hall–Kier alpha value is -18.9. The number of amides is 2. The zero-order chi connectivity index (χ0) is 98.9. The van der Waals surface area contributed by atoms with E-state index in [1.54, 1.807) is 86.6 Å². The number of anilines is 2. The lowest BCUT2D eigenvalue weighted by Gasteiger charge is -2.10. The summed E-state index contributed by atoms with van der Waals surface area (Å²) in [6, 6.07) is 49.3. The summed E-state index contributed by atoms with van der Waals surface area (Å²) in [7, 11) is 4.07. The molecule has 708 valence electrons. The predicted molar refractivity (Wildman–Crippen MR) is 542 cm³/mol. The Balaban J connectivity index is 0.000000114. The maximum atomic E-state index is 14.6. The summed E-state index contributed by atoms with van der Waals surface area (Å²) < 4.78 is 83.5. The first-order valence-electron chi connectivity index (χ1n) is 45.6. The first-order valence-corrected chi connectivity index (χ1v) is 45.6. The fourth-order valence-corrected chi connectivity index (χ4v) is 17.2. The molecule has 0 saturated carbocycles. The molecule has 24 rings (SSSR count). The van der Waals surface area contributed by atoms with Crippen LogP contribution in [0.2, 0.25) is 0 Å². The number of benzene rings is 7. The third-order valence-electron chi connectivity index (χ3n) is 23.9. The zero-order valence-corrected chi connectivity index (χ0v) is 77.5. The number of hydrogen-bond donors (Lipinski definition) is 10. The lowest BCUT2D eigenvalue weighted by molar-refractivity contribution is -0.117. The van der Waals surface area contributed by atoms with Gasteiger partial charge in [-0.05, 0) is 174 Å². The van der Waals surface area contributed by atoms with E-state index in [4.69, 9.17) is 19.9 Å². The number of imidazole rings is 4. The fraction of sp³-hybridized carbons (Fsp3) is 0.102. The van der Waals surface area contributed by atoms with Gasteiger partial charge in [-0.2, -0.15) is 20.4 Å². The topological polar surface area (TPSA) is 407 Å². The summed E-state index contributed by atoms with van der Waals surface area (Å²) in [4.78, 5) is 97.0. The number of halogens is 6. The molecule has 0 aliphatic rings. The fourth-order valence-electron chi connectivity index (χ4n) is 17.2. The van der Waals surface area contributed by atoms with Gasteiger partial charge in [0.2, 0.25) is 11.8 Å². The Morgan fingerprint density at radius 2 is 0.688 bits per heavy atom. The quantitative estimate of drug-likeness (QED) is 0.0317. The van der Waals surface area contributed by atoms with E-state index in [1.165, 1.54) is 48.8 Å². The second kappa shape index (κ2) is 39.2. The van der Waals surface area contributed by atoms with Crippen molar-refractivity contribution in [1.82, 2.24) is 130 Å². The number of hydrogen-bond acceptors (Lipinski definition) is 20. The van der Waals surface area contributed by atoms with Gasteiger partial charge in [-0.3, -0.25) is 74.8 Å². The molecule has 0 fully saturated rings. The van der Waals surface area contributed by atoms with E-state index in [9.17, 15) is 35.9 Å². The van der Waals surface area contributed by atoms with Crippen molar-refractivity contribution in [3.63, 3.8) is 0 Å². The smallest absolute Gasteiger partial charge is 0.224 e. The molecule has 0 aliphatic carbocycles. The molecule has 30 nitrogen and oxygen atoms in total. The standard InChI is InChI=1S/2C29H23F2N7O.C26H21FN8.C24H15FN6/c1-15(2)7-26(39)34-19-8-18(11-32-12-19)16-4-6-24-20(9-16)28(38-37-24)29-35-25-14-33-13-21(27(25)36-29)17-3-5-22(30)23(31)10-17;1-15(2)8-25(39)34-18-9-17(11-32-12-18)16-6-7-23-20(10-16)28(38-37-23)29-35-24-14-33-13-21(27(24)36-29)19-4-3-5-22(30)26(19)31;1-35(2)14-15-5-17(9-28-8-15)16-3-4-22-20(7-16)25(34-33-22)26-31-23-13-30-12-21(24(23)32-26)18-6-19(27)11-29-10-18;25-17-5-1-3-15(9-17)19-12-27-13-21-22(19)29-24(28-21)23-18-10-14(6-7-20(18)30-31-23)16-4-2-8-26-11-16/h3-6,8-15H,7H2,1-2H3,(H,34,39)(H,35,36)(H,37,38);3-7,9-15H,8H2,1-2H3,(H,34,39)(H,35,36)(H,37,38);3-13H,14H2,1-2H3,(H,31,32)(H,33,34);1-13H,(H,28,29)(H,30,31). The largest absolute Gasteiger partial charge is 0.335 e. The van der Waals surface area contributed by atoms with Crippen molar-refractivity contribution in [3.8, 4) is 135 Å². The van der Waals surface area contributed by atoms with Gasteiger partial charge in [0.1, 0.15) is 45.4 Å². The van der Waals surface area contributed by atoms with Gasteiger partial charge in [-0.1, -0.05) is 88.4 Å². The highest BCUT2D eigenvalue weighted by molar-refractivity contribution is 6.04. The molecule has 0 aliphatic heterocycles. The molecule has 17 heterocycles. The molecule has 0 saturated heterocycles. The van der Waals surface area contributed by atoms with Crippen molar-refractivity contribution < 1.29 is 35.9 Å². The van der Waals surface area contributed by atoms with Crippen LogP contribution in [0.5, 0.6) is 0 Å². The first kappa shape index (κ1) is 91.5. The van der Waals surface area contributed by atoms with Crippen molar-refractivity contribution in [2.45, 2.75) is 47.1 Å². The van der Waals surface area contributed by atoms with Crippen LogP contribution in [0.1, 0.15) is 46.1 Å². The maximum Gasteiger partial charge on any atom is 0.224 e. The number of H-pyrrole nitrogens is 8. The molecule has 144 heavy (non-hydrogen) atoms. The Labute approximate surface area is 813 Å². The molecule has 10 N–H and O–H groups in total. The predicted octanol–water partition coefficient (Wildman–Crippen LogP) is 23.2. The number of carbonyl (C=O) groups is 2. The third-order valence-corrected chi connectivity index (χ3v) is 23.9. The van der Waals surface area contributed by atoms with E-state index in [1.807, 2.05) is 145 Å². The molecule has 17 aromatic heterocycles. The van der Waals surface area contributed by atoms with E-state index in [0.717, 1.165) is 146 Å². The van der Waals surface area contributed by atoms with Crippen LogP contribution in [0.15, 0.2) is 281 Å². The van der Waals surface area contributed by atoms with Crippen LogP contribution in [0.25, 0.3) is 223 Å². The van der Waals surface area contributed by atoms with Crippen molar-refractivity contribution in [3.05, 3.63) is 322 Å². The minimum atomic E-state index is -0.956. The Morgan fingerprint density at radius 3 is 1.12 bits per heavy atom. The summed E-state index contributed by atoms with van der Waals surface area (Å²) in [5, 5.41) is 39.5. The van der Waals surface area contributed by atoms with Crippen LogP contribution in [0, 0.1) is 46.7 Å². The van der Waals surface area contributed by atoms with Gasteiger partial charge in [0.15, 0.2) is 46.6 Å². The van der Waals surface area contributed by atoms with E-state index in [2.05, 4.69) is 145 Å². The second-order valence-electron chi connectivity index (χ2n) is 35.4. The average molecular weight is 1920 g/mol. The number of rotatable bonds is 20. The van der Waals surface area contributed by atoms with Gasteiger partial charge in [0, 0.05) is 165 Å². The van der Waals surface area contributed by atoms with Crippen LogP contribution in [0.3, 0.4) is 0 Å². The Bertz CT molecular complexity index is 9010. The van der Waals surface area contributed by atoms with Crippen LogP contribution in [0.4, 0.5) is 37.7 Å². The molecular weight excluding hydrogens is 1840 g/mol. The highest BCUT2D eigenvalue weighted by Gasteiger charge is 2.26. The number of carbonyl (C=O) groups excluding carboxylic acids is 2. The van der Waals surface area contributed by atoms with Gasteiger partial charge >= 0.3 is 0 Å². The number of aromatic amines is 8. The molecule has 0 unspecified atom stereocenters. The molecule has 7 aromatic carbocycles. The van der Waals surface area contributed by atoms with Crippen molar-refractivity contribution >= 4 is 111 Å². The number of pyridine rings is 9. The maximum absolute atomic E-state index is 14.6. The van der Waals surface area contributed by atoms with Crippen molar-refractivity contribution in [2.75, 3.05) is 24.7 Å². The van der Waals surface area contributed by atoms with Crippen LogP contribution in [-0.4, -0.2) is 156 Å². The van der Waals surface area contributed by atoms with Crippen molar-refractivity contribution in [1.29, 1.82) is 0 Å². The third kappa shape index (κ3) is 19.1.